The molecule has 1 spiro atoms. The van der Waals surface area contributed by atoms with Gasteiger partial charge in [0.1, 0.15) is 11.7 Å². The molecule has 0 aromatic carbocycles. The largest absolute Gasteiger partial charge is 0.490 e. The zero-order chi connectivity index (χ0) is 17.3. The average molecular weight is 344 g/mol. The Bertz CT molecular complexity index is 634. The maximum Gasteiger partial charge on any atom is 0.490 e. The molecule has 2 saturated carbocycles. The molecule has 4 rings (SSSR count). The summed E-state index contributed by atoms with van der Waals surface area (Å²) < 4.78 is 48.3. The molecular weight excluding hydrogens is 325 g/mol. The third kappa shape index (κ3) is 2.12. The Labute approximate surface area is 137 Å². The average Bonchev–Trinajstić information content (AvgIpc) is 3.18. The van der Waals surface area contributed by atoms with Crippen LogP contribution in [-0.4, -0.2) is 29.8 Å². The van der Waals surface area contributed by atoms with Gasteiger partial charge >= 0.3 is 18.1 Å². The first-order valence-corrected chi connectivity index (χ1v) is 8.39. The first kappa shape index (κ1) is 16.0. The lowest BCUT2D eigenvalue weighted by atomic mass is 9.60. The molecular formula is C17H19F3O4. The molecule has 7 heteroatoms. The molecule has 24 heavy (non-hydrogen) atoms. The SMILES string of the molecule is C[C@@]12CC=C3[C@@H](OC(=O)C(F)(F)F)CCC[C@@H](C(=O)O1)C2C31CC1. The van der Waals surface area contributed by atoms with E-state index >= 15 is 0 Å². The van der Waals surface area contributed by atoms with Crippen molar-refractivity contribution in [3.63, 3.8) is 0 Å². The Morgan fingerprint density at radius 1 is 1.33 bits per heavy atom. The van der Waals surface area contributed by atoms with Crippen molar-refractivity contribution in [1.82, 2.24) is 0 Å². The van der Waals surface area contributed by atoms with Gasteiger partial charge in [-0.25, -0.2) is 4.79 Å². The summed E-state index contributed by atoms with van der Waals surface area (Å²) in [5.41, 5.74) is -0.135. The van der Waals surface area contributed by atoms with E-state index < -0.39 is 23.9 Å². The van der Waals surface area contributed by atoms with Gasteiger partial charge < -0.3 is 9.47 Å². The summed E-state index contributed by atoms with van der Waals surface area (Å²) in [6.07, 6.45) is -0.443. The smallest absolute Gasteiger partial charge is 0.458 e. The molecule has 0 N–H and O–H groups in total. The lowest BCUT2D eigenvalue weighted by molar-refractivity contribution is -0.204. The molecule has 1 aliphatic heterocycles. The highest BCUT2D eigenvalue weighted by Gasteiger charge is 2.69. The zero-order valence-corrected chi connectivity index (χ0v) is 13.3. The highest BCUT2D eigenvalue weighted by Crippen LogP contribution is 2.69. The van der Waals surface area contributed by atoms with Crippen LogP contribution in [0.3, 0.4) is 0 Å². The fourth-order valence-corrected chi connectivity index (χ4v) is 5.23. The molecule has 0 radical (unpaired) electrons. The van der Waals surface area contributed by atoms with Gasteiger partial charge in [-0.1, -0.05) is 6.08 Å². The summed E-state index contributed by atoms with van der Waals surface area (Å²) >= 11 is 0. The van der Waals surface area contributed by atoms with E-state index in [2.05, 4.69) is 0 Å². The Morgan fingerprint density at radius 2 is 2.04 bits per heavy atom. The Kier molecular flexibility index (Phi) is 3.17. The first-order valence-electron chi connectivity index (χ1n) is 8.39. The van der Waals surface area contributed by atoms with Gasteiger partial charge in [0.2, 0.25) is 0 Å². The molecule has 3 aliphatic carbocycles. The van der Waals surface area contributed by atoms with Crippen LogP contribution in [0.1, 0.15) is 45.4 Å². The van der Waals surface area contributed by atoms with Gasteiger partial charge in [0.15, 0.2) is 0 Å². The Hall–Kier alpha value is -1.53. The molecule has 3 fully saturated rings. The van der Waals surface area contributed by atoms with E-state index in [9.17, 15) is 22.8 Å². The monoisotopic (exact) mass is 344 g/mol. The number of rotatable bonds is 1. The number of hydrogen-bond acceptors (Lipinski definition) is 4. The molecule has 0 aromatic rings. The van der Waals surface area contributed by atoms with Gasteiger partial charge in [-0.15, -0.1) is 0 Å². The standard InChI is InChI=1S/C17H19F3O4/c1-15-6-5-10-11(23-14(22)17(18,19)20)4-2-3-9(13(21)24-15)12(15)16(10)7-8-16/h5,9,11-12H,2-4,6-8H2,1H3/t9-,11+,12?,15+/m1/s1. The van der Waals surface area contributed by atoms with Gasteiger partial charge in [-0.2, -0.15) is 13.2 Å². The van der Waals surface area contributed by atoms with Gasteiger partial charge in [0, 0.05) is 17.8 Å². The van der Waals surface area contributed by atoms with E-state index in [-0.39, 0.29) is 23.2 Å². The maximum absolute atomic E-state index is 12.6. The number of hydrogen-bond donors (Lipinski definition) is 0. The van der Waals surface area contributed by atoms with E-state index in [0.29, 0.717) is 25.7 Å². The number of esters is 2. The zero-order valence-electron chi connectivity index (χ0n) is 13.3. The molecule has 132 valence electrons. The van der Waals surface area contributed by atoms with Crippen molar-refractivity contribution in [3.05, 3.63) is 11.6 Å². The van der Waals surface area contributed by atoms with Crippen molar-refractivity contribution in [2.24, 2.45) is 17.3 Å². The molecule has 1 saturated heterocycles. The van der Waals surface area contributed by atoms with Crippen molar-refractivity contribution in [2.45, 2.75) is 63.3 Å². The second-order valence-electron chi connectivity index (χ2n) is 7.66. The van der Waals surface area contributed by atoms with Crippen LogP contribution in [0.5, 0.6) is 0 Å². The molecule has 4 aliphatic rings. The maximum atomic E-state index is 12.6. The van der Waals surface area contributed by atoms with Crippen molar-refractivity contribution in [3.8, 4) is 0 Å². The van der Waals surface area contributed by atoms with E-state index in [0.717, 1.165) is 18.4 Å². The summed E-state index contributed by atoms with van der Waals surface area (Å²) in [5, 5.41) is 0. The van der Waals surface area contributed by atoms with Crippen molar-refractivity contribution in [2.75, 3.05) is 0 Å². The highest BCUT2D eigenvalue weighted by molar-refractivity contribution is 5.78. The van der Waals surface area contributed by atoms with E-state index in [1.807, 2.05) is 13.0 Å². The third-order valence-corrected chi connectivity index (χ3v) is 6.19. The van der Waals surface area contributed by atoms with Crippen LogP contribution in [0.25, 0.3) is 0 Å². The fraction of sp³-hybridized carbons (Fsp3) is 0.765. The second kappa shape index (κ2) is 4.76. The van der Waals surface area contributed by atoms with E-state index in [1.165, 1.54) is 0 Å². The summed E-state index contributed by atoms with van der Waals surface area (Å²) in [6, 6.07) is 0. The normalized spacial score (nSPS) is 39.6. The first-order chi connectivity index (χ1) is 11.2. The summed E-state index contributed by atoms with van der Waals surface area (Å²) in [6.45, 7) is 1.92. The van der Waals surface area contributed by atoms with Gasteiger partial charge in [0.05, 0.1) is 5.92 Å². The van der Waals surface area contributed by atoms with Crippen LogP contribution >= 0.6 is 0 Å². The number of carbonyl (C=O) groups excluding carboxylic acids is 2. The summed E-state index contributed by atoms with van der Waals surface area (Å²) in [7, 11) is 0. The lowest BCUT2D eigenvalue weighted by Gasteiger charge is -2.45. The number of ether oxygens (including phenoxy) is 2. The van der Waals surface area contributed by atoms with Crippen LogP contribution in [0.15, 0.2) is 11.6 Å². The van der Waals surface area contributed by atoms with E-state index in [4.69, 9.17) is 9.47 Å². The Balaban J connectivity index is 1.69. The molecule has 2 bridgehead atoms. The van der Waals surface area contributed by atoms with Crippen LogP contribution in [0.2, 0.25) is 0 Å². The summed E-state index contributed by atoms with van der Waals surface area (Å²) in [5.74, 6) is -2.53. The van der Waals surface area contributed by atoms with Crippen molar-refractivity contribution >= 4 is 11.9 Å². The van der Waals surface area contributed by atoms with Crippen LogP contribution in [-0.2, 0) is 19.1 Å². The minimum absolute atomic E-state index is 0.0233. The van der Waals surface area contributed by atoms with Gasteiger partial charge in [0.25, 0.3) is 0 Å². The summed E-state index contributed by atoms with van der Waals surface area (Å²) in [4.78, 5) is 23.6. The van der Waals surface area contributed by atoms with Gasteiger partial charge in [-0.3, -0.25) is 4.79 Å². The predicted octanol–water partition coefficient (Wildman–Crippen LogP) is 3.30. The molecule has 4 nitrogen and oxygen atoms in total. The quantitative estimate of drug-likeness (QED) is 0.541. The fourth-order valence-electron chi connectivity index (χ4n) is 5.23. The van der Waals surface area contributed by atoms with Crippen LogP contribution < -0.4 is 0 Å². The second-order valence-corrected chi connectivity index (χ2v) is 7.66. The molecule has 4 atom stereocenters. The van der Waals surface area contributed by atoms with E-state index in [1.54, 1.807) is 0 Å². The molecule has 1 unspecified atom stereocenters. The topological polar surface area (TPSA) is 52.6 Å². The highest BCUT2D eigenvalue weighted by atomic mass is 19.4. The predicted molar refractivity (Wildman–Crippen MR) is 75.6 cm³/mol. The minimum atomic E-state index is -4.99. The third-order valence-electron chi connectivity index (χ3n) is 6.19. The van der Waals surface area contributed by atoms with Crippen molar-refractivity contribution < 1.29 is 32.2 Å². The number of alkyl halides is 3. The number of carbonyl (C=O) groups is 2. The Morgan fingerprint density at radius 3 is 2.67 bits per heavy atom. The van der Waals surface area contributed by atoms with Crippen LogP contribution in [0.4, 0.5) is 13.2 Å². The minimum Gasteiger partial charge on any atom is -0.458 e. The van der Waals surface area contributed by atoms with Crippen LogP contribution in [0, 0.1) is 17.3 Å². The molecule has 1 heterocycles. The molecule has 0 aromatic heterocycles. The van der Waals surface area contributed by atoms with Gasteiger partial charge in [-0.05, 0) is 44.6 Å². The number of halogens is 3. The molecule has 0 amide bonds. The van der Waals surface area contributed by atoms with Crippen molar-refractivity contribution in [1.29, 1.82) is 0 Å². The lowest BCUT2D eigenvalue weighted by Crippen LogP contribution is -2.47.